The van der Waals surface area contributed by atoms with Crippen molar-refractivity contribution < 1.29 is 4.74 Å². The van der Waals surface area contributed by atoms with Gasteiger partial charge in [-0.25, -0.2) is 0 Å². The lowest BCUT2D eigenvalue weighted by Crippen LogP contribution is -2.23. The Morgan fingerprint density at radius 3 is 2.33 bits per heavy atom. The van der Waals surface area contributed by atoms with Crippen molar-refractivity contribution in [2.75, 3.05) is 26.2 Å². The summed E-state index contributed by atoms with van der Waals surface area (Å²) in [5.74, 6) is 1.79. The van der Waals surface area contributed by atoms with Gasteiger partial charge in [0.05, 0.1) is 12.7 Å². The van der Waals surface area contributed by atoms with E-state index in [-0.39, 0.29) is 0 Å². The molecule has 0 amide bonds. The average molecular weight is 169 g/mol. The molecule has 0 spiro atoms. The van der Waals surface area contributed by atoms with E-state index in [1.807, 2.05) is 0 Å². The predicted octanol–water partition coefficient (Wildman–Crippen LogP) is 1.36. The van der Waals surface area contributed by atoms with Crippen LogP contribution in [0.1, 0.15) is 20.3 Å². The van der Waals surface area contributed by atoms with Crippen LogP contribution in [0, 0.1) is 11.8 Å². The Balaban J connectivity index is 1.67. The van der Waals surface area contributed by atoms with Gasteiger partial charge in [0.15, 0.2) is 0 Å². The molecule has 2 heterocycles. The van der Waals surface area contributed by atoms with E-state index >= 15 is 0 Å². The Kier molecular flexibility index (Phi) is 2.37. The minimum Gasteiger partial charge on any atom is -0.373 e. The van der Waals surface area contributed by atoms with Crippen molar-refractivity contribution in [3.8, 4) is 0 Å². The van der Waals surface area contributed by atoms with Crippen LogP contribution in [0.25, 0.3) is 0 Å². The van der Waals surface area contributed by atoms with Crippen molar-refractivity contribution in [1.29, 1.82) is 0 Å². The SMILES string of the molecule is CC1CN(CCC2CO2)CC1C. The molecule has 2 heteroatoms. The van der Waals surface area contributed by atoms with Gasteiger partial charge in [0.2, 0.25) is 0 Å². The summed E-state index contributed by atoms with van der Waals surface area (Å²) in [7, 11) is 0. The average Bonchev–Trinajstić information content (AvgIpc) is 2.78. The number of hydrogen-bond acceptors (Lipinski definition) is 2. The molecular weight excluding hydrogens is 150 g/mol. The predicted molar refractivity (Wildman–Crippen MR) is 49.1 cm³/mol. The maximum absolute atomic E-state index is 5.20. The summed E-state index contributed by atoms with van der Waals surface area (Å²) in [6.45, 7) is 9.58. The van der Waals surface area contributed by atoms with Crippen molar-refractivity contribution in [1.82, 2.24) is 4.90 Å². The molecule has 0 bridgehead atoms. The maximum atomic E-state index is 5.20. The van der Waals surface area contributed by atoms with Gasteiger partial charge in [-0.2, -0.15) is 0 Å². The van der Waals surface area contributed by atoms with Gasteiger partial charge in [0.1, 0.15) is 0 Å². The zero-order valence-electron chi connectivity index (χ0n) is 8.12. The van der Waals surface area contributed by atoms with Crippen molar-refractivity contribution in [2.24, 2.45) is 11.8 Å². The normalized spacial score (nSPS) is 42.0. The molecule has 2 saturated heterocycles. The van der Waals surface area contributed by atoms with Gasteiger partial charge in [-0.1, -0.05) is 13.8 Å². The van der Waals surface area contributed by atoms with Crippen LogP contribution in [0.15, 0.2) is 0 Å². The summed E-state index contributed by atoms with van der Waals surface area (Å²) in [6, 6.07) is 0. The molecule has 2 rings (SSSR count). The Hall–Kier alpha value is -0.0800. The van der Waals surface area contributed by atoms with Gasteiger partial charge in [-0.3, -0.25) is 0 Å². The highest BCUT2D eigenvalue weighted by molar-refractivity contribution is 4.80. The second-order valence-corrected chi connectivity index (χ2v) is 4.46. The summed E-state index contributed by atoms with van der Waals surface area (Å²) in [5.41, 5.74) is 0. The molecule has 0 aromatic rings. The Morgan fingerprint density at radius 1 is 1.25 bits per heavy atom. The molecule has 2 aliphatic heterocycles. The lowest BCUT2D eigenvalue weighted by Gasteiger charge is -2.13. The van der Waals surface area contributed by atoms with Gasteiger partial charge in [-0.05, 0) is 18.3 Å². The van der Waals surface area contributed by atoms with E-state index in [1.54, 1.807) is 0 Å². The van der Waals surface area contributed by atoms with E-state index in [4.69, 9.17) is 4.74 Å². The number of epoxide rings is 1. The minimum absolute atomic E-state index is 0.608. The Bertz CT molecular complexity index is 146. The van der Waals surface area contributed by atoms with E-state index in [0.717, 1.165) is 18.4 Å². The monoisotopic (exact) mass is 169 g/mol. The molecule has 0 aromatic carbocycles. The van der Waals surface area contributed by atoms with E-state index < -0.39 is 0 Å². The minimum atomic E-state index is 0.608. The van der Waals surface area contributed by atoms with Gasteiger partial charge >= 0.3 is 0 Å². The van der Waals surface area contributed by atoms with E-state index in [2.05, 4.69) is 18.7 Å². The second-order valence-electron chi connectivity index (χ2n) is 4.46. The molecule has 12 heavy (non-hydrogen) atoms. The van der Waals surface area contributed by atoms with Crippen LogP contribution in [0.2, 0.25) is 0 Å². The fourth-order valence-corrected chi connectivity index (χ4v) is 1.99. The summed E-state index contributed by atoms with van der Waals surface area (Å²) in [6.07, 6.45) is 1.86. The van der Waals surface area contributed by atoms with E-state index in [0.29, 0.717) is 6.10 Å². The van der Waals surface area contributed by atoms with Crippen LogP contribution in [0.5, 0.6) is 0 Å². The van der Waals surface area contributed by atoms with Crippen LogP contribution in [-0.2, 0) is 4.74 Å². The summed E-state index contributed by atoms with van der Waals surface area (Å²) in [5, 5.41) is 0. The first-order chi connectivity index (χ1) is 5.75. The van der Waals surface area contributed by atoms with Crippen LogP contribution < -0.4 is 0 Å². The molecule has 0 radical (unpaired) electrons. The maximum Gasteiger partial charge on any atom is 0.0822 e. The fraction of sp³-hybridized carbons (Fsp3) is 1.00. The Labute approximate surface area is 74.9 Å². The van der Waals surface area contributed by atoms with Gasteiger partial charge < -0.3 is 9.64 Å². The summed E-state index contributed by atoms with van der Waals surface area (Å²) >= 11 is 0. The lowest BCUT2D eigenvalue weighted by molar-refractivity contribution is 0.294. The molecule has 3 atom stereocenters. The van der Waals surface area contributed by atoms with Crippen LogP contribution >= 0.6 is 0 Å². The number of likely N-dealkylation sites (tertiary alicyclic amines) is 1. The standard InChI is InChI=1S/C10H19NO/c1-8-5-11(6-9(8)2)4-3-10-7-12-10/h8-10H,3-7H2,1-2H3. The highest BCUT2D eigenvalue weighted by Crippen LogP contribution is 2.23. The van der Waals surface area contributed by atoms with Gasteiger partial charge in [-0.15, -0.1) is 0 Å². The number of nitrogens with zero attached hydrogens (tertiary/aromatic N) is 1. The van der Waals surface area contributed by atoms with E-state index in [1.165, 1.54) is 26.1 Å². The molecule has 2 aliphatic rings. The van der Waals surface area contributed by atoms with Crippen molar-refractivity contribution >= 4 is 0 Å². The molecule has 70 valence electrons. The van der Waals surface area contributed by atoms with Crippen molar-refractivity contribution in [2.45, 2.75) is 26.4 Å². The first kappa shape index (κ1) is 8.52. The Morgan fingerprint density at radius 2 is 1.83 bits per heavy atom. The molecule has 3 unspecified atom stereocenters. The molecule has 2 nitrogen and oxygen atoms in total. The summed E-state index contributed by atoms with van der Waals surface area (Å²) < 4.78 is 5.20. The molecule has 0 aliphatic carbocycles. The highest BCUT2D eigenvalue weighted by Gasteiger charge is 2.28. The molecule has 0 saturated carbocycles. The second kappa shape index (κ2) is 3.35. The van der Waals surface area contributed by atoms with Crippen molar-refractivity contribution in [3.63, 3.8) is 0 Å². The largest absolute Gasteiger partial charge is 0.373 e. The number of ether oxygens (including phenoxy) is 1. The van der Waals surface area contributed by atoms with Crippen molar-refractivity contribution in [3.05, 3.63) is 0 Å². The van der Waals surface area contributed by atoms with Crippen LogP contribution in [0.3, 0.4) is 0 Å². The van der Waals surface area contributed by atoms with E-state index in [9.17, 15) is 0 Å². The number of rotatable bonds is 3. The molecular formula is C10H19NO. The van der Waals surface area contributed by atoms with Gasteiger partial charge in [0, 0.05) is 19.6 Å². The van der Waals surface area contributed by atoms with Gasteiger partial charge in [0.25, 0.3) is 0 Å². The highest BCUT2D eigenvalue weighted by atomic mass is 16.6. The lowest BCUT2D eigenvalue weighted by atomic mass is 10.0. The summed E-state index contributed by atoms with van der Waals surface area (Å²) in [4.78, 5) is 2.58. The smallest absolute Gasteiger partial charge is 0.0822 e. The number of hydrogen-bond donors (Lipinski definition) is 0. The third-order valence-corrected chi connectivity index (χ3v) is 3.23. The molecule has 0 N–H and O–H groups in total. The fourth-order valence-electron chi connectivity index (χ4n) is 1.99. The topological polar surface area (TPSA) is 15.8 Å². The molecule has 2 fully saturated rings. The zero-order chi connectivity index (χ0) is 8.55. The van der Waals surface area contributed by atoms with Crippen LogP contribution in [0.4, 0.5) is 0 Å². The third-order valence-electron chi connectivity index (χ3n) is 3.23. The van der Waals surface area contributed by atoms with Crippen LogP contribution in [-0.4, -0.2) is 37.2 Å². The molecule has 0 aromatic heterocycles. The third kappa shape index (κ3) is 1.99. The quantitative estimate of drug-likeness (QED) is 0.593. The first-order valence-corrected chi connectivity index (χ1v) is 5.09. The first-order valence-electron chi connectivity index (χ1n) is 5.09. The zero-order valence-corrected chi connectivity index (χ0v) is 8.12.